The number of halogens is 1. The number of rotatable bonds is 5. The predicted molar refractivity (Wildman–Crippen MR) is 65.2 cm³/mol. The van der Waals surface area contributed by atoms with Gasteiger partial charge in [-0.2, -0.15) is 0 Å². The van der Waals surface area contributed by atoms with E-state index in [0.717, 1.165) is 10.9 Å². The summed E-state index contributed by atoms with van der Waals surface area (Å²) in [5, 5.41) is 4.24. The van der Waals surface area contributed by atoms with Crippen LogP contribution in [0.2, 0.25) is 5.02 Å². The first-order valence-corrected chi connectivity index (χ1v) is 6.10. The lowest BCUT2D eigenvalue weighted by Crippen LogP contribution is -2.16. The van der Waals surface area contributed by atoms with Crippen LogP contribution in [0.3, 0.4) is 0 Å². The van der Waals surface area contributed by atoms with E-state index in [9.17, 15) is 0 Å². The van der Waals surface area contributed by atoms with Crippen molar-refractivity contribution in [3.05, 3.63) is 34.9 Å². The Morgan fingerprint density at radius 3 is 2.73 bits per heavy atom. The maximum atomic E-state index is 6.19. The molecule has 1 atom stereocenters. The molecule has 1 N–H and O–H groups in total. The fourth-order valence-corrected chi connectivity index (χ4v) is 2.29. The second-order valence-electron chi connectivity index (χ2n) is 4.38. The summed E-state index contributed by atoms with van der Waals surface area (Å²) in [6.07, 6.45) is 5.39. The van der Waals surface area contributed by atoms with Crippen molar-refractivity contribution in [1.29, 1.82) is 0 Å². The highest BCUT2D eigenvalue weighted by molar-refractivity contribution is 6.31. The molecule has 0 heterocycles. The molecule has 0 spiro atoms. The minimum Gasteiger partial charge on any atom is -0.313 e. The molecule has 15 heavy (non-hydrogen) atoms. The van der Waals surface area contributed by atoms with Gasteiger partial charge in [-0.1, -0.05) is 42.6 Å². The molecule has 1 unspecified atom stereocenters. The van der Waals surface area contributed by atoms with Crippen molar-refractivity contribution in [2.45, 2.75) is 31.7 Å². The van der Waals surface area contributed by atoms with Gasteiger partial charge in [-0.3, -0.25) is 0 Å². The summed E-state index contributed by atoms with van der Waals surface area (Å²) in [7, 11) is 2.01. The minimum atomic E-state index is 0.416. The quantitative estimate of drug-likeness (QED) is 0.801. The van der Waals surface area contributed by atoms with Gasteiger partial charge in [0.05, 0.1) is 0 Å². The lowest BCUT2D eigenvalue weighted by molar-refractivity contribution is 0.506. The summed E-state index contributed by atoms with van der Waals surface area (Å²) in [6.45, 7) is 0. The van der Waals surface area contributed by atoms with Gasteiger partial charge in [0.25, 0.3) is 0 Å². The van der Waals surface area contributed by atoms with Crippen LogP contribution < -0.4 is 5.32 Å². The average Bonchev–Trinajstić information content (AvgIpc) is 3.05. The second kappa shape index (κ2) is 5.00. The molecule has 1 aromatic rings. The van der Waals surface area contributed by atoms with Gasteiger partial charge in [0.15, 0.2) is 0 Å². The van der Waals surface area contributed by atoms with Crippen LogP contribution in [0, 0.1) is 5.92 Å². The molecule has 1 aliphatic rings. The van der Waals surface area contributed by atoms with E-state index in [-0.39, 0.29) is 0 Å². The number of benzene rings is 1. The van der Waals surface area contributed by atoms with Crippen molar-refractivity contribution in [2.75, 3.05) is 7.05 Å². The van der Waals surface area contributed by atoms with Crippen molar-refractivity contribution in [3.8, 4) is 0 Å². The van der Waals surface area contributed by atoms with Crippen molar-refractivity contribution >= 4 is 11.6 Å². The van der Waals surface area contributed by atoms with Crippen molar-refractivity contribution in [2.24, 2.45) is 5.92 Å². The SMILES string of the molecule is CNC(CCC1CC1)c1ccccc1Cl. The third-order valence-corrected chi connectivity index (χ3v) is 3.53. The lowest BCUT2D eigenvalue weighted by atomic mass is 10.0. The van der Waals surface area contributed by atoms with E-state index in [0.29, 0.717) is 6.04 Å². The third kappa shape index (κ3) is 2.96. The van der Waals surface area contributed by atoms with E-state index in [1.807, 2.05) is 19.2 Å². The van der Waals surface area contributed by atoms with Crippen LogP contribution in [0.4, 0.5) is 0 Å². The standard InChI is InChI=1S/C13H18ClN/c1-15-13(9-8-10-6-7-10)11-4-2-3-5-12(11)14/h2-5,10,13,15H,6-9H2,1H3. The molecular weight excluding hydrogens is 206 g/mol. The van der Waals surface area contributed by atoms with Crippen LogP contribution in [0.25, 0.3) is 0 Å². The molecule has 1 nitrogen and oxygen atoms in total. The van der Waals surface area contributed by atoms with Crippen molar-refractivity contribution < 1.29 is 0 Å². The maximum Gasteiger partial charge on any atom is 0.0453 e. The summed E-state index contributed by atoms with van der Waals surface area (Å²) in [5.41, 5.74) is 1.24. The monoisotopic (exact) mass is 223 g/mol. The number of hydrogen-bond acceptors (Lipinski definition) is 1. The zero-order valence-corrected chi connectivity index (χ0v) is 9.93. The van der Waals surface area contributed by atoms with Crippen LogP contribution in [0.1, 0.15) is 37.3 Å². The van der Waals surface area contributed by atoms with Gasteiger partial charge in [-0.05, 0) is 37.4 Å². The predicted octanol–water partition coefficient (Wildman–Crippen LogP) is 3.79. The zero-order chi connectivity index (χ0) is 10.7. The molecule has 1 aliphatic carbocycles. The highest BCUT2D eigenvalue weighted by Gasteiger charge is 2.23. The Kier molecular flexibility index (Phi) is 3.66. The average molecular weight is 224 g/mol. The van der Waals surface area contributed by atoms with Gasteiger partial charge < -0.3 is 5.32 Å². The van der Waals surface area contributed by atoms with Gasteiger partial charge >= 0.3 is 0 Å². The van der Waals surface area contributed by atoms with E-state index >= 15 is 0 Å². The zero-order valence-electron chi connectivity index (χ0n) is 9.17. The first kappa shape index (κ1) is 11.0. The summed E-state index contributed by atoms with van der Waals surface area (Å²) >= 11 is 6.19. The Labute approximate surface area is 96.8 Å². The van der Waals surface area contributed by atoms with Crippen LogP contribution in [-0.2, 0) is 0 Å². The normalized spacial score (nSPS) is 17.7. The Balaban J connectivity index is 2.00. The van der Waals surface area contributed by atoms with Gasteiger partial charge in [-0.15, -0.1) is 0 Å². The molecule has 2 heteroatoms. The second-order valence-corrected chi connectivity index (χ2v) is 4.79. The first-order valence-electron chi connectivity index (χ1n) is 5.73. The third-order valence-electron chi connectivity index (χ3n) is 3.19. The van der Waals surface area contributed by atoms with E-state index < -0.39 is 0 Å². The van der Waals surface area contributed by atoms with Crippen LogP contribution in [0.5, 0.6) is 0 Å². The van der Waals surface area contributed by atoms with E-state index in [4.69, 9.17) is 11.6 Å². The van der Waals surface area contributed by atoms with E-state index in [1.165, 1.54) is 31.2 Å². The van der Waals surface area contributed by atoms with E-state index in [1.54, 1.807) is 0 Å². The highest BCUT2D eigenvalue weighted by Crippen LogP contribution is 2.36. The highest BCUT2D eigenvalue weighted by atomic mass is 35.5. The fourth-order valence-electron chi connectivity index (χ4n) is 2.02. The molecule has 82 valence electrons. The topological polar surface area (TPSA) is 12.0 Å². The summed E-state index contributed by atoms with van der Waals surface area (Å²) in [4.78, 5) is 0. The molecule has 1 fully saturated rings. The summed E-state index contributed by atoms with van der Waals surface area (Å²) < 4.78 is 0. The fraction of sp³-hybridized carbons (Fsp3) is 0.538. The Morgan fingerprint density at radius 1 is 1.40 bits per heavy atom. The summed E-state index contributed by atoms with van der Waals surface area (Å²) in [5.74, 6) is 0.989. The maximum absolute atomic E-state index is 6.19. The largest absolute Gasteiger partial charge is 0.313 e. The molecule has 0 bridgehead atoms. The summed E-state index contributed by atoms with van der Waals surface area (Å²) in [6, 6.07) is 8.55. The van der Waals surface area contributed by atoms with Gasteiger partial charge in [0.1, 0.15) is 0 Å². The molecule has 1 aromatic carbocycles. The number of hydrogen-bond donors (Lipinski definition) is 1. The first-order chi connectivity index (χ1) is 7.31. The molecular formula is C13H18ClN. The molecule has 0 amide bonds. The Morgan fingerprint density at radius 2 is 2.13 bits per heavy atom. The van der Waals surface area contributed by atoms with Gasteiger partial charge in [0.2, 0.25) is 0 Å². The Bertz CT molecular complexity index is 320. The molecule has 0 aliphatic heterocycles. The van der Waals surface area contributed by atoms with Gasteiger partial charge in [-0.25, -0.2) is 0 Å². The lowest BCUT2D eigenvalue weighted by Gasteiger charge is -2.17. The smallest absolute Gasteiger partial charge is 0.0453 e. The van der Waals surface area contributed by atoms with Crippen LogP contribution in [-0.4, -0.2) is 7.05 Å². The molecule has 0 saturated heterocycles. The van der Waals surface area contributed by atoms with Crippen LogP contribution >= 0.6 is 11.6 Å². The van der Waals surface area contributed by atoms with Crippen molar-refractivity contribution in [3.63, 3.8) is 0 Å². The molecule has 0 aromatic heterocycles. The van der Waals surface area contributed by atoms with E-state index in [2.05, 4.69) is 17.4 Å². The van der Waals surface area contributed by atoms with Gasteiger partial charge in [0, 0.05) is 11.1 Å². The minimum absolute atomic E-state index is 0.416. The van der Waals surface area contributed by atoms with Crippen LogP contribution in [0.15, 0.2) is 24.3 Å². The molecule has 1 saturated carbocycles. The number of nitrogens with one attached hydrogen (secondary N) is 1. The van der Waals surface area contributed by atoms with Crippen molar-refractivity contribution in [1.82, 2.24) is 5.32 Å². The molecule has 2 rings (SSSR count). The Hall–Kier alpha value is -0.530. The molecule has 0 radical (unpaired) electrons.